The highest BCUT2D eigenvalue weighted by molar-refractivity contribution is 8.01. The highest BCUT2D eigenvalue weighted by Gasteiger charge is 2.34. The van der Waals surface area contributed by atoms with E-state index in [9.17, 15) is 9.59 Å². The average molecular weight is 241 g/mol. The Bertz CT molecular complexity index is 452. The van der Waals surface area contributed by atoms with E-state index >= 15 is 0 Å². The van der Waals surface area contributed by atoms with Gasteiger partial charge in [-0.3, -0.25) is 4.79 Å². The van der Waals surface area contributed by atoms with Crippen LogP contribution in [0.3, 0.4) is 0 Å². The van der Waals surface area contributed by atoms with Crippen molar-refractivity contribution in [3.05, 3.63) is 12.0 Å². The molecule has 5 nitrogen and oxygen atoms in total. The van der Waals surface area contributed by atoms with Gasteiger partial charge in [0, 0.05) is 0 Å². The Kier molecular flexibility index (Phi) is 2.67. The largest absolute Gasteiger partial charge is 0.475 e. The molecule has 0 bridgehead atoms. The van der Waals surface area contributed by atoms with Crippen LogP contribution in [-0.2, 0) is 4.79 Å². The summed E-state index contributed by atoms with van der Waals surface area (Å²) in [6.07, 6.45) is 1.37. The number of anilines is 1. The fourth-order valence-corrected chi connectivity index (χ4v) is 2.61. The second-order valence-corrected chi connectivity index (χ2v) is 5.06. The molecule has 0 aliphatic carbocycles. The monoisotopic (exact) mass is 241 g/mol. The average Bonchev–Trinajstić information content (AvgIpc) is 2.58. The normalized spacial score (nSPS) is 19.4. The molecule has 1 aromatic rings. The predicted octanol–water partition coefficient (Wildman–Crippen LogP) is 2.05. The first kappa shape index (κ1) is 11.1. The van der Waals surface area contributed by atoms with Crippen molar-refractivity contribution in [3.8, 4) is 0 Å². The SMILES string of the molecule is CC(C)C1Sc2coc(C(=O)O)c2NC1=O. The van der Waals surface area contributed by atoms with Gasteiger partial charge < -0.3 is 14.8 Å². The van der Waals surface area contributed by atoms with E-state index in [2.05, 4.69) is 5.32 Å². The number of carbonyl (C=O) groups excluding carboxylic acids is 1. The second-order valence-electron chi connectivity index (χ2n) is 3.88. The molecule has 16 heavy (non-hydrogen) atoms. The lowest BCUT2D eigenvalue weighted by atomic mass is 10.1. The van der Waals surface area contributed by atoms with Crippen molar-refractivity contribution in [2.75, 3.05) is 5.32 Å². The van der Waals surface area contributed by atoms with Crippen LogP contribution in [0.15, 0.2) is 15.6 Å². The molecule has 2 heterocycles. The van der Waals surface area contributed by atoms with Crippen molar-refractivity contribution in [2.24, 2.45) is 5.92 Å². The van der Waals surface area contributed by atoms with Crippen LogP contribution in [0.2, 0.25) is 0 Å². The maximum atomic E-state index is 11.7. The lowest BCUT2D eigenvalue weighted by Gasteiger charge is -2.23. The van der Waals surface area contributed by atoms with E-state index in [4.69, 9.17) is 9.52 Å². The summed E-state index contributed by atoms with van der Waals surface area (Å²) in [4.78, 5) is 23.2. The number of fused-ring (bicyclic) bond motifs is 1. The molecule has 0 fully saturated rings. The lowest BCUT2D eigenvalue weighted by molar-refractivity contribution is -0.116. The first-order chi connectivity index (χ1) is 7.50. The molecule has 1 aliphatic rings. The van der Waals surface area contributed by atoms with Crippen molar-refractivity contribution >= 4 is 29.3 Å². The molecule has 1 unspecified atom stereocenters. The van der Waals surface area contributed by atoms with Gasteiger partial charge in [-0.05, 0) is 5.92 Å². The van der Waals surface area contributed by atoms with E-state index in [-0.39, 0.29) is 28.5 Å². The van der Waals surface area contributed by atoms with Crippen molar-refractivity contribution in [2.45, 2.75) is 24.0 Å². The molecule has 1 atom stereocenters. The zero-order valence-corrected chi connectivity index (χ0v) is 9.63. The van der Waals surface area contributed by atoms with Gasteiger partial charge >= 0.3 is 5.97 Å². The van der Waals surface area contributed by atoms with Gasteiger partial charge in [-0.2, -0.15) is 0 Å². The van der Waals surface area contributed by atoms with E-state index < -0.39 is 5.97 Å². The summed E-state index contributed by atoms with van der Waals surface area (Å²) in [7, 11) is 0. The number of carboxylic acids is 1. The van der Waals surface area contributed by atoms with Gasteiger partial charge in [0.25, 0.3) is 0 Å². The van der Waals surface area contributed by atoms with E-state index in [1.54, 1.807) is 0 Å². The minimum absolute atomic E-state index is 0.170. The Hall–Kier alpha value is -1.43. The summed E-state index contributed by atoms with van der Waals surface area (Å²) in [6.45, 7) is 3.89. The molecule has 0 radical (unpaired) electrons. The third-order valence-electron chi connectivity index (χ3n) is 2.32. The molecule has 0 aromatic carbocycles. The molecule has 2 rings (SSSR count). The molecule has 1 aromatic heterocycles. The molecule has 1 aliphatic heterocycles. The van der Waals surface area contributed by atoms with Gasteiger partial charge in [-0.25, -0.2) is 4.79 Å². The smallest absolute Gasteiger partial charge is 0.374 e. The highest BCUT2D eigenvalue weighted by Crippen LogP contribution is 2.41. The van der Waals surface area contributed by atoms with Crippen LogP contribution in [0, 0.1) is 5.92 Å². The van der Waals surface area contributed by atoms with Gasteiger partial charge in [0.1, 0.15) is 12.0 Å². The number of furan rings is 1. The van der Waals surface area contributed by atoms with Gasteiger partial charge in [0.2, 0.25) is 11.7 Å². The molecule has 6 heteroatoms. The van der Waals surface area contributed by atoms with Crippen LogP contribution >= 0.6 is 11.8 Å². The first-order valence-corrected chi connectivity index (χ1v) is 5.71. The first-order valence-electron chi connectivity index (χ1n) is 4.83. The fourth-order valence-electron chi connectivity index (χ4n) is 1.53. The van der Waals surface area contributed by atoms with Gasteiger partial charge in [-0.15, -0.1) is 11.8 Å². The van der Waals surface area contributed by atoms with Crippen molar-refractivity contribution in [1.29, 1.82) is 0 Å². The Morgan fingerprint density at radius 2 is 2.31 bits per heavy atom. The highest BCUT2D eigenvalue weighted by atomic mass is 32.2. The topological polar surface area (TPSA) is 79.5 Å². The maximum Gasteiger partial charge on any atom is 0.374 e. The standard InChI is InChI=1S/C10H11NO4S/c1-4(2)8-9(12)11-6-5(16-8)3-15-7(6)10(13)14/h3-4,8H,1-2H3,(H,11,12)(H,13,14). The number of aromatic carboxylic acids is 1. The van der Waals surface area contributed by atoms with E-state index in [1.807, 2.05) is 13.8 Å². The second kappa shape index (κ2) is 3.86. The zero-order chi connectivity index (χ0) is 11.9. The Balaban J connectivity index is 2.37. The molecule has 0 saturated carbocycles. The van der Waals surface area contributed by atoms with Crippen LogP contribution in [0.1, 0.15) is 24.4 Å². The lowest BCUT2D eigenvalue weighted by Crippen LogP contribution is -2.32. The summed E-state index contributed by atoms with van der Waals surface area (Å²) in [5.74, 6) is -1.37. The van der Waals surface area contributed by atoms with Crippen molar-refractivity contribution in [1.82, 2.24) is 0 Å². The van der Waals surface area contributed by atoms with Crippen LogP contribution in [-0.4, -0.2) is 22.2 Å². The number of hydrogen-bond acceptors (Lipinski definition) is 4. The third kappa shape index (κ3) is 1.69. The number of hydrogen-bond donors (Lipinski definition) is 2. The maximum absolute atomic E-state index is 11.7. The van der Waals surface area contributed by atoms with E-state index in [1.165, 1.54) is 18.0 Å². The molecule has 1 amide bonds. The third-order valence-corrected chi connectivity index (χ3v) is 3.88. The quantitative estimate of drug-likeness (QED) is 0.828. The minimum Gasteiger partial charge on any atom is -0.475 e. The zero-order valence-electron chi connectivity index (χ0n) is 8.81. The van der Waals surface area contributed by atoms with E-state index in [0.29, 0.717) is 4.90 Å². The molecule has 86 valence electrons. The summed E-state index contributed by atoms with van der Waals surface area (Å²) in [5.41, 5.74) is 0.277. The summed E-state index contributed by atoms with van der Waals surface area (Å²) in [5, 5.41) is 11.2. The summed E-state index contributed by atoms with van der Waals surface area (Å²) in [6, 6.07) is 0. The van der Waals surface area contributed by atoms with Crippen LogP contribution < -0.4 is 5.32 Å². The molecule has 2 N–H and O–H groups in total. The molecule has 0 saturated heterocycles. The summed E-state index contributed by atoms with van der Waals surface area (Å²) < 4.78 is 4.92. The number of amides is 1. The molecular weight excluding hydrogens is 230 g/mol. The Morgan fingerprint density at radius 1 is 1.62 bits per heavy atom. The van der Waals surface area contributed by atoms with Crippen LogP contribution in [0.4, 0.5) is 5.69 Å². The number of rotatable bonds is 2. The Morgan fingerprint density at radius 3 is 2.88 bits per heavy atom. The van der Waals surface area contributed by atoms with Crippen LogP contribution in [0.5, 0.6) is 0 Å². The molecular formula is C10H11NO4S. The van der Waals surface area contributed by atoms with Crippen molar-refractivity contribution in [3.63, 3.8) is 0 Å². The number of thioether (sulfide) groups is 1. The summed E-state index contributed by atoms with van der Waals surface area (Å²) >= 11 is 1.34. The predicted molar refractivity (Wildman–Crippen MR) is 58.8 cm³/mol. The van der Waals surface area contributed by atoms with Crippen molar-refractivity contribution < 1.29 is 19.1 Å². The van der Waals surface area contributed by atoms with Gasteiger partial charge in [0.15, 0.2) is 0 Å². The molecule has 0 spiro atoms. The van der Waals surface area contributed by atoms with E-state index in [0.717, 1.165) is 0 Å². The number of nitrogens with one attached hydrogen (secondary N) is 1. The number of carbonyl (C=O) groups is 2. The fraction of sp³-hybridized carbons (Fsp3) is 0.400. The number of carboxylic acid groups (broad SMARTS) is 1. The minimum atomic E-state index is -1.18. The van der Waals surface area contributed by atoms with Crippen LogP contribution in [0.25, 0.3) is 0 Å². The van der Waals surface area contributed by atoms with Gasteiger partial charge in [0.05, 0.1) is 10.1 Å². The Labute approximate surface area is 96.2 Å². The van der Waals surface area contributed by atoms with Gasteiger partial charge in [-0.1, -0.05) is 13.8 Å².